The summed E-state index contributed by atoms with van der Waals surface area (Å²) in [6.45, 7) is 4.35. The standard InChI is InChI=1S/C20H23N3O3/c1-12-13(2)23(4)18-11-15(7-10-17(18)22(12)3)19(24)21-16-8-5-14(6-9-16)20(25)26/h5-13H,1-4H3,(H,21,24)(H,25,26). The average molecular weight is 353 g/mol. The number of nitrogens with one attached hydrogen (secondary N) is 1. The zero-order chi connectivity index (χ0) is 19.0. The molecule has 0 aliphatic carbocycles. The largest absolute Gasteiger partial charge is 0.478 e. The van der Waals surface area contributed by atoms with E-state index in [9.17, 15) is 9.59 Å². The first-order valence-corrected chi connectivity index (χ1v) is 8.54. The Balaban J connectivity index is 1.84. The summed E-state index contributed by atoms with van der Waals surface area (Å²) in [5.74, 6) is -1.22. The molecule has 2 aromatic rings. The van der Waals surface area contributed by atoms with Gasteiger partial charge in [0.15, 0.2) is 0 Å². The molecule has 2 aromatic carbocycles. The van der Waals surface area contributed by atoms with Crippen molar-refractivity contribution in [3.63, 3.8) is 0 Å². The number of fused-ring (bicyclic) bond motifs is 1. The van der Waals surface area contributed by atoms with Crippen LogP contribution >= 0.6 is 0 Å². The molecule has 1 aliphatic rings. The third-order valence-electron chi connectivity index (χ3n) is 5.31. The van der Waals surface area contributed by atoms with Crippen LogP contribution in [0.3, 0.4) is 0 Å². The van der Waals surface area contributed by atoms with Crippen LogP contribution < -0.4 is 15.1 Å². The van der Waals surface area contributed by atoms with Gasteiger partial charge in [0.2, 0.25) is 0 Å². The summed E-state index contributed by atoms with van der Waals surface area (Å²) >= 11 is 0. The molecule has 2 atom stereocenters. The zero-order valence-electron chi connectivity index (χ0n) is 15.4. The van der Waals surface area contributed by atoms with E-state index in [0.29, 0.717) is 23.3 Å². The van der Waals surface area contributed by atoms with Gasteiger partial charge >= 0.3 is 5.97 Å². The highest BCUT2D eigenvalue weighted by Crippen LogP contribution is 2.37. The molecular formula is C20H23N3O3. The molecule has 2 N–H and O–H groups in total. The molecule has 0 fully saturated rings. The fourth-order valence-electron chi connectivity index (χ4n) is 3.23. The summed E-state index contributed by atoms with van der Waals surface area (Å²) in [5, 5.41) is 11.8. The highest BCUT2D eigenvalue weighted by molar-refractivity contribution is 6.05. The van der Waals surface area contributed by atoms with Crippen LogP contribution in [-0.4, -0.2) is 43.2 Å². The maximum Gasteiger partial charge on any atom is 0.335 e. The van der Waals surface area contributed by atoms with Crippen LogP contribution in [0.1, 0.15) is 34.6 Å². The van der Waals surface area contributed by atoms with Crippen molar-refractivity contribution in [1.29, 1.82) is 0 Å². The van der Waals surface area contributed by atoms with Crippen LogP contribution in [0.5, 0.6) is 0 Å². The highest BCUT2D eigenvalue weighted by Gasteiger charge is 2.30. The third-order valence-corrected chi connectivity index (χ3v) is 5.31. The van der Waals surface area contributed by atoms with Crippen molar-refractivity contribution in [3.05, 3.63) is 53.6 Å². The number of benzene rings is 2. The second-order valence-corrected chi connectivity index (χ2v) is 6.74. The number of nitrogens with zero attached hydrogens (tertiary/aromatic N) is 2. The first-order valence-electron chi connectivity index (χ1n) is 8.54. The van der Waals surface area contributed by atoms with E-state index in [0.717, 1.165) is 11.4 Å². The Hall–Kier alpha value is -3.02. The summed E-state index contributed by atoms with van der Waals surface area (Å²) < 4.78 is 0. The number of hydrogen-bond donors (Lipinski definition) is 2. The number of aromatic carboxylic acids is 1. The number of carbonyl (C=O) groups excluding carboxylic acids is 1. The predicted molar refractivity (Wildman–Crippen MR) is 104 cm³/mol. The van der Waals surface area contributed by atoms with Gasteiger partial charge in [-0.15, -0.1) is 0 Å². The topological polar surface area (TPSA) is 72.9 Å². The molecule has 1 aliphatic heterocycles. The Morgan fingerprint density at radius 1 is 0.885 bits per heavy atom. The number of hydrogen-bond acceptors (Lipinski definition) is 4. The van der Waals surface area contributed by atoms with Crippen LogP contribution in [-0.2, 0) is 0 Å². The molecular weight excluding hydrogens is 330 g/mol. The van der Waals surface area contributed by atoms with E-state index in [1.807, 2.05) is 25.2 Å². The predicted octanol–water partition coefficient (Wildman–Crippen LogP) is 3.30. The maximum atomic E-state index is 12.6. The number of carbonyl (C=O) groups is 2. The van der Waals surface area contributed by atoms with Gasteiger partial charge in [-0.2, -0.15) is 0 Å². The Bertz CT molecular complexity index is 848. The molecule has 6 heteroatoms. The minimum Gasteiger partial charge on any atom is -0.478 e. The first kappa shape index (κ1) is 17.8. The van der Waals surface area contributed by atoms with Gasteiger partial charge in [0, 0.05) is 37.4 Å². The SMILES string of the molecule is CC1C(C)N(C)c2cc(C(=O)Nc3ccc(C(=O)O)cc3)ccc2N1C. The molecule has 0 saturated carbocycles. The average Bonchev–Trinajstić information content (AvgIpc) is 2.64. The molecule has 26 heavy (non-hydrogen) atoms. The quantitative estimate of drug-likeness (QED) is 0.886. The molecule has 0 aromatic heterocycles. The number of anilines is 3. The van der Waals surface area contributed by atoms with E-state index < -0.39 is 5.97 Å². The monoisotopic (exact) mass is 353 g/mol. The normalized spacial score (nSPS) is 19.1. The fraction of sp³-hybridized carbons (Fsp3) is 0.300. The van der Waals surface area contributed by atoms with Crippen LogP contribution in [0, 0.1) is 0 Å². The number of rotatable bonds is 3. The summed E-state index contributed by atoms with van der Waals surface area (Å²) in [5.41, 5.74) is 3.43. The Labute approximate surface area is 153 Å². The summed E-state index contributed by atoms with van der Waals surface area (Å²) in [4.78, 5) is 27.9. The van der Waals surface area contributed by atoms with Gasteiger partial charge in [-0.1, -0.05) is 0 Å². The number of likely N-dealkylation sites (N-methyl/N-ethyl adjacent to an activating group) is 2. The van der Waals surface area contributed by atoms with Crippen molar-refractivity contribution in [1.82, 2.24) is 0 Å². The van der Waals surface area contributed by atoms with Crippen molar-refractivity contribution in [2.75, 3.05) is 29.2 Å². The van der Waals surface area contributed by atoms with E-state index >= 15 is 0 Å². The van der Waals surface area contributed by atoms with Crippen molar-refractivity contribution in [2.24, 2.45) is 0 Å². The Morgan fingerprint density at radius 3 is 2.00 bits per heavy atom. The van der Waals surface area contributed by atoms with E-state index in [1.165, 1.54) is 12.1 Å². The van der Waals surface area contributed by atoms with E-state index in [2.05, 4.69) is 36.0 Å². The molecule has 1 amide bonds. The van der Waals surface area contributed by atoms with Gasteiger partial charge in [-0.3, -0.25) is 4.79 Å². The molecule has 136 valence electrons. The molecule has 0 bridgehead atoms. The van der Waals surface area contributed by atoms with E-state index in [-0.39, 0.29) is 11.5 Å². The van der Waals surface area contributed by atoms with Crippen molar-refractivity contribution >= 4 is 28.9 Å². The molecule has 3 rings (SSSR count). The van der Waals surface area contributed by atoms with Gasteiger partial charge < -0.3 is 20.2 Å². The Kier molecular flexibility index (Phi) is 4.59. The van der Waals surface area contributed by atoms with E-state index in [4.69, 9.17) is 5.11 Å². The van der Waals surface area contributed by atoms with E-state index in [1.54, 1.807) is 12.1 Å². The smallest absolute Gasteiger partial charge is 0.335 e. The maximum absolute atomic E-state index is 12.6. The van der Waals surface area contributed by atoms with Crippen molar-refractivity contribution in [2.45, 2.75) is 25.9 Å². The molecule has 0 radical (unpaired) electrons. The van der Waals surface area contributed by atoms with Gasteiger partial charge in [-0.25, -0.2) is 4.79 Å². The second-order valence-electron chi connectivity index (χ2n) is 6.74. The lowest BCUT2D eigenvalue weighted by Crippen LogP contribution is -2.50. The van der Waals surface area contributed by atoms with Crippen LogP contribution in [0.25, 0.3) is 0 Å². The van der Waals surface area contributed by atoms with Crippen LogP contribution in [0.2, 0.25) is 0 Å². The summed E-state index contributed by atoms with van der Waals surface area (Å²) in [6, 6.07) is 12.5. The third kappa shape index (κ3) is 3.10. The van der Waals surface area contributed by atoms with Gasteiger partial charge in [0.25, 0.3) is 5.91 Å². The first-order chi connectivity index (χ1) is 12.3. The van der Waals surface area contributed by atoms with Crippen LogP contribution in [0.15, 0.2) is 42.5 Å². The van der Waals surface area contributed by atoms with Gasteiger partial charge in [-0.05, 0) is 56.3 Å². The second kappa shape index (κ2) is 6.71. The molecule has 1 heterocycles. The Morgan fingerprint density at radius 2 is 1.42 bits per heavy atom. The highest BCUT2D eigenvalue weighted by atomic mass is 16.4. The molecule has 0 saturated heterocycles. The minimum absolute atomic E-state index is 0.185. The van der Waals surface area contributed by atoms with Crippen molar-refractivity contribution < 1.29 is 14.7 Å². The minimum atomic E-state index is -0.993. The molecule has 2 unspecified atom stereocenters. The molecule has 0 spiro atoms. The lowest BCUT2D eigenvalue weighted by Gasteiger charge is -2.45. The van der Waals surface area contributed by atoms with Crippen LogP contribution in [0.4, 0.5) is 17.1 Å². The zero-order valence-corrected chi connectivity index (χ0v) is 15.4. The summed E-state index contributed by atoms with van der Waals surface area (Å²) in [7, 11) is 4.11. The lowest BCUT2D eigenvalue weighted by molar-refractivity contribution is 0.0696. The number of carboxylic acid groups (broad SMARTS) is 1. The fourth-order valence-corrected chi connectivity index (χ4v) is 3.23. The number of amides is 1. The lowest BCUT2D eigenvalue weighted by atomic mass is 10.0. The van der Waals surface area contributed by atoms with Gasteiger partial charge in [0.1, 0.15) is 0 Å². The van der Waals surface area contributed by atoms with Crippen molar-refractivity contribution in [3.8, 4) is 0 Å². The summed E-state index contributed by atoms with van der Waals surface area (Å²) in [6.07, 6.45) is 0. The molecule has 6 nitrogen and oxygen atoms in total. The number of carboxylic acids is 1. The van der Waals surface area contributed by atoms with Gasteiger partial charge in [0.05, 0.1) is 16.9 Å².